The fraction of sp³-hybridized carbons (Fsp3) is 0.231. The Balaban J connectivity index is 2.21. The molecule has 7 heteroatoms. The molecule has 0 bridgehead atoms. The van der Waals surface area contributed by atoms with Crippen LogP contribution in [0.3, 0.4) is 0 Å². The molecule has 0 radical (unpaired) electrons. The van der Waals surface area contributed by atoms with Crippen LogP contribution in [0.15, 0.2) is 29.6 Å². The SMILES string of the molecule is CCS(=O)(=O)Cc1ccc(-c2csc(C(=O)O)n2)cc1. The van der Waals surface area contributed by atoms with Crippen LogP contribution in [0.2, 0.25) is 0 Å². The molecule has 0 aliphatic heterocycles. The number of hydrogen-bond donors (Lipinski definition) is 1. The summed E-state index contributed by atoms with van der Waals surface area (Å²) in [7, 11) is -3.05. The summed E-state index contributed by atoms with van der Waals surface area (Å²) in [5.74, 6) is -0.920. The number of thiazole rings is 1. The zero-order valence-corrected chi connectivity index (χ0v) is 12.4. The summed E-state index contributed by atoms with van der Waals surface area (Å²) < 4.78 is 23.1. The Hall–Kier alpha value is -1.73. The molecule has 0 unspecified atom stereocenters. The van der Waals surface area contributed by atoms with Gasteiger partial charge in [-0.1, -0.05) is 31.2 Å². The van der Waals surface area contributed by atoms with Crippen molar-refractivity contribution in [2.24, 2.45) is 0 Å². The second-order valence-electron chi connectivity index (χ2n) is 4.22. The predicted molar refractivity (Wildman–Crippen MR) is 77.7 cm³/mol. The quantitative estimate of drug-likeness (QED) is 0.916. The van der Waals surface area contributed by atoms with Crippen LogP contribution in [-0.2, 0) is 15.6 Å². The van der Waals surface area contributed by atoms with Gasteiger partial charge in [0, 0.05) is 16.7 Å². The summed E-state index contributed by atoms with van der Waals surface area (Å²) in [6, 6.07) is 6.95. The second-order valence-corrected chi connectivity index (χ2v) is 7.43. The third kappa shape index (κ3) is 3.43. The molecule has 1 aromatic heterocycles. The first kappa shape index (κ1) is 14.7. The lowest BCUT2D eigenvalue weighted by Gasteiger charge is -2.03. The standard InChI is InChI=1S/C13H13NO4S2/c1-2-20(17,18)8-9-3-5-10(6-4-9)11-7-19-12(14-11)13(15)16/h3-7H,2,8H2,1H3,(H,15,16). The van der Waals surface area contributed by atoms with Gasteiger partial charge in [-0.3, -0.25) is 0 Å². The molecule has 20 heavy (non-hydrogen) atoms. The first-order valence-corrected chi connectivity index (χ1v) is 8.60. The highest BCUT2D eigenvalue weighted by atomic mass is 32.2. The lowest BCUT2D eigenvalue weighted by atomic mass is 10.1. The molecule has 0 saturated heterocycles. The lowest BCUT2D eigenvalue weighted by Crippen LogP contribution is -2.06. The summed E-state index contributed by atoms with van der Waals surface area (Å²) in [6.45, 7) is 1.62. The van der Waals surface area contributed by atoms with Crippen molar-refractivity contribution in [2.75, 3.05) is 5.75 Å². The average Bonchev–Trinajstić information content (AvgIpc) is 2.89. The van der Waals surface area contributed by atoms with Crippen molar-refractivity contribution in [3.63, 3.8) is 0 Å². The van der Waals surface area contributed by atoms with E-state index in [2.05, 4.69) is 4.98 Å². The van der Waals surface area contributed by atoms with E-state index in [1.807, 2.05) is 0 Å². The van der Waals surface area contributed by atoms with Gasteiger partial charge in [-0.2, -0.15) is 0 Å². The van der Waals surface area contributed by atoms with Crippen molar-refractivity contribution < 1.29 is 18.3 Å². The van der Waals surface area contributed by atoms with E-state index >= 15 is 0 Å². The first-order valence-electron chi connectivity index (χ1n) is 5.90. The maximum Gasteiger partial charge on any atom is 0.365 e. The van der Waals surface area contributed by atoms with Gasteiger partial charge in [-0.25, -0.2) is 18.2 Å². The highest BCUT2D eigenvalue weighted by molar-refractivity contribution is 7.90. The van der Waals surface area contributed by atoms with Gasteiger partial charge in [0.05, 0.1) is 11.4 Å². The Labute approximate surface area is 120 Å². The van der Waals surface area contributed by atoms with Crippen molar-refractivity contribution in [1.29, 1.82) is 0 Å². The molecule has 0 saturated carbocycles. The van der Waals surface area contributed by atoms with Gasteiger partial charge >= 0.3 is 5.97 Å². The van der Waals surface area contributed by atoms with E-state index in [1.165, 1.54) is 0 Å². The maximum atomic E-state index is 11.5. The van der Waals surface area contributed by atoms with Crippen LogP contribution in [0.25, 0.3) is 11.3 Å². The average molecular weight is 311 g/mol. The topological polar surface area (TPSA) is 84.3 Å². The third-order valence-electron chi connectivity index (χ3n) is 2.76. The van der Waals surface area contributed by atoms with Crippen molar-refractivity contribution in [3.8, 4) is 11.3 Å². The number of aromatic nitrogens is 1. The summed E-state index contributed by atoms with van der Waals surface area (Å²) in [5.41, 5.74) is 2.06. The largest absolute Gasteiger partial charge is 0.476 e. The number of rotatable bonds is 5. The molecule has 0 aliphatic carbocycles. The maximum absolute atomic E-state index is 11.5. The molecule has 1 heterocycles. The van der Waals surface area contributed by atoms with E-state index in [4.69, 9.17) is 5.11 Å². The third-order valence-corrected chi connectivity index (χ3v) is 5.25. The number of carboxylic acids is 1. The number of benzene rings is 1. The minimum Gasteiger partial charge on any atom is -0.476 e. The highest BCUT2D eigenvalue weighted by Crippen LogP contribution is 2.22. The molecule has 5 nitrogen and oxygen atoms in total. The normalized spacial score (nSPS) is 11.4. The summed E-state index contributed by atoms with van der Waals surface area (Å²) in [6.07, 6.45) is 0. The molecule has 0 fully saturated rings. The van der Waals surface area contributed by atoms with Gasteiger partial charge in [0.15, 0.2) is 9.84 Å². The molecule has 0 spiro atoms. The number of carboxylic acid groups (broad SMARTS) is 1. The van der Waals surface area contributed by atoms with Gasteiger partial charge in [-0.05, 0) is 5.56 Å². The molecule has 1 N–H and O–H groups in total. The molecule has 2 rings (SSSR count). The van der Waals surface area contributed by atoms with Crippen molar-refractivity contribution in [2.45, 2.75) is 12.7 Å². The minimum atomic E-state index is -3.05. The monoisotopic (exact) mass is 311 g/mol. The Morgan fingerprint density at radius 3 is 2.45 bits per heavy atom. The number of sulfone groups is 1. The molecular formula is C13H13NO4S2. The zero-order valence-electron chi connectivity index (χ0n) is 10.7. The Bertz CT molecular complexity index is 717. The summed E-state index contributed by atoms with van der Waals surface area (Å²) >= 11 is 1.06. The molecule has 0 atom stereocenters. The van der Waals surface area contributed by atoms with Gasteiger partial charge in [0.1, 0.15) is 0 Å². The van der Waals surface area contributed by atoms with Crippen LogP contribution in [0, 0.1) is 0 Å². The summed E-state index contributed by atoms with van der Waals surface area (Å²) in [4.78, 5) is 14.8. The van der Waals surface area contributed by atoms with E-state index in [9.17, 15) is 13.2 Å². The van der Waals surface area contributed by atoms with E-state index in [0.29, 0.717) is 11.3 Å². The van der Waals surface area contributed by atoms with Gasteiger partial charge in [0.25, 0.3) is 0 Å². The van der Waals surface area contributed by atoms with Gasteiger partial charge < -0.3 is 5.11 Å². The fourth-order valence-electron chi connectivity index (χ4n) is 1.63. The molecule has 0 amide bonds. The van der Waals surface area contributed by atoms with Crippen LogP contribution >= 0.6 is 11.3 Å². The van der Waals surface area contributed by atoms with Gasteiger partial charge in [-0.15, -0.1) is 11.3 Å². The van der Waals surface area contributed by atoms with Crippen LogP contribution in [0.1, 0.15) is 22.3 Å². The minimum absolute atomic E-state index is 0.0151. The fourth-order valence-corrected chi connectivity index (χ4v) is 3.20. The second kappa shape index (κ2) is 5.72. The number of hydrogen-bond acceptors (Lipinski definition) is 5. The van der Waals surface area contributed by atoms with E-state index in [0.717, 1.165) is 16.9 Å². The molecule has 0 aliphatic rings. The van der Waals surface area contributed by atoms with Gasteiger partial charge in [0.2, 0.25) is 5.01 Å². The molecule has 106 valence electrons. The summed E-state index contributed by atoms with van der Waals surface area (Å²) in [5, 5.41) is 10.5. The van der Waals surface area contributed by atoms with Crippen LogP contribution in [-0.4, -0.2) is 30.2 Å². The molecule has 1 aromatic carbocycles. The van der Waals surface area contributed by atoms with E-state index in [1.54, 1.807) is 36.6 Å². The predicted octanol–water partition coefficient (Wildman–Crippen LogP) is 2.44. The van der Waals surface area contributed by atoms with Crippen molar-refractivity contribution in [1.82, 2.24) is 4.98 Å². The van der Waals surface area contributed by atoms with Crippen LogP contribution < -0.4 is 0 Å². The smallest absolute Gasteiger partial charge is 0.365 e. The van der Waals surface area contributed by atoms with E-state index < -0.39 is 15.8 Å². The Morgan fingerprint density at radius 2 is 1.95 bits per heavy atom. The Morgan fingerprint density at radius 1 is 1.30 bits per heavy atom. The number of nitrogens with zero attached hydrogens (tertiary/aromatic N) is 1. The van der Waals surface area contributed by atoms with Crippen molar-refractivity contribution >= 4 is 27.1 Å². The molecular weight excluding hydrogens is 298 g/mol. The zero-order chi connectivity index (χ0) is 14.8. The van der Waals surface area contributed by atoms with E-state index in [-0.39, 0.29) is 16.5 Å². The Kier molecular flexibility index (Phi) is 4.20. The first-order chi connectivity index (χ1) is 9.41. The molecule has 2 aromatic rings. The van der Waals surface area contributed by atoms with Crippen LogP contribution in [0.4, 0.5) is 0 Å². The number of carbonyl (C=O) groups is 1. The lowest BCUT2D eigenvalue weighted by molar-refractivity contribution is 0.0696. The highest BCUT2D eigenvalue weighted by Gasteiger charge is 2.11. The number of aromatic carboxylic acids is 1. The van der Waals surface area contributed by atoms with Crippen LogP contribution in [0.5, 0.6) is 0 Å². The van der Waals surface area contributed by atoms with Crippen molar-refractivity contribution in [3.05, 3.63) is 40.2 Å².